The quantitative estimate of drug-likeness (QED) is 0.354. The summed E-state index contributed by atoms with van der Waals surface area (Å²) in [5.41, 5.74) is -7.81. The summed E-state index contributed by atoms with van der Waals surface area (Å²) in [7, 11) is 0. The molecule has 1 fully saturated rings. The molecule has 1 saturated carbocycles. The lowest BCUT2D eigenvalue weighted by Crippen LogP contribution is -2.56. The van der Waals surface area contributed by atoms with Crippen LogP contribution in [0, 0.1) is 16.2 Å². The zero-order valence-corrected chi connectivity index (χ0v) is 17.5. The van der Waals surface area contributed by atoms with Crippen molar-refractivity contribution >= 4 is 5.97 Å². The number of esters is 1. The van der Waals surface area contributed by atoms with Gasteiger partial charge in [-0.3, -0.25) is 4.79 Å². The van der Waals surface area contributed by atoms with Crippen LogP contribution in [0.3, 0.4) is 0 Å². The number of ether oxygens (including phenoxy) is 1. The topological polar surface area (TPSA) is 26.3 Å². The third kappa shape index (κ3) is 3.62. The molecular formula is C19H28F8O2. The monoisotopic (exact) mass is 440 g/mol. The molecule has 0 spiro atoms. The van der Waals surface area contributed by atoms with Crippen LogP contribution in [0.2, 0.25) is 0 Å². The van der Waals surface area contributed by atoms with Gasteiger partial charge in [-0.15, -0.1) is 0 Å². The van der Waals surface area contributed by atoms with Crippen LogP contribution < -0.4 is 0 Å². The molecule has 0 saturated heterocycles. The molecule has 0 aromatic carbocycles. The standard InChI is InChI=1S/C19H28F8O2/c1-8-14(5,6)9-15(7,13(2,3)4)12(28)29-10-16(21)11(20)17(22,23)19(26,27)18(16,24)25/h11H,8-10H2,1-7H3. The van der Waals surface area contributed by atoms with Gasteiger partial charge in [-0.1, -0.05) is 48.0 Å². The Bertz CT molecular complexity index is 641. The Labute approximate surface area is 165 Å². The van der Waals surface area contributed by atoms with Crippen molar-refractivity contribution in [3.8, 4) is 0 Å². The van der Waals surface area contributed by atoms with Crippen molar-refractivity contribution in [2.24, 2.45) is 16.2 Å². The molecule has 0 radical (unpaired) electrons. The molecule has 3 unspecified atom stereocenters. The van der Waals surface area contributed by atoms with Crippen molar-refractivity contribution < 1.29 is 44.7 Å². The Morgan fingerprint density at radius 2 is 1.34 bits per heavy atom. The fourth-order valence-electron chi connectivity index (χ4n) is 3.30. The van der Waals surface area contributed by atoms with Crippen LogP contribution in [-0.2, 0) is 9.53 Å². The van der Waals surface area contributed by atoms with Gasteiger partial charge in [-0.05, 0) is 24.2 Å². The van der Waals surface area contributed by atoms with Crippen LogP contribution in [0.5, 0.6) is 0 Å². The maximum atomic E-state index is 14.6. The summed E-state index contributed by atoms with van der Waals surface area (Å²) in [6, 6.07) is 0. The third-order valence-corrected chi connectivity index (χ3v) is 6.36. The van der Waals surface area contributed by atoms with E-state index in [2.05, 4.69) is 4.74 Å². The first kappa shape index (κ1) is 25.9. The molecule has 10 heteroatoms. The minimum Gasteiger partial charge on any atom is -0.461 e. The number of hydrogen-bond donors (Lipinski definition) is 0. The van der Waals surface area contributed by atoms with Crippen LogP contribution in [0.25, 0.3) is 0 Å². The predicted octanol–water partition coefficient (Wildman–Crippen LogP) is 6.37. The number of carbonyl (C=O) groups excluding carboxylic acids is 1. The van der Waals surface area contributed by atoms with E-state index in [0.29, 0.717) is 6.42 Å². The molecular weight excluding hydrogens is 412 g/mol. The summed E-state index contributed by atoms with van der Waals surface area (Å²) < 4.78 is 114. The predicted molar refractivity (Wildman–Crippen MR) is 90.8 cm³/mol. The van der Waals surface area contributed by atoms with Gasteiger partial charge >= 0.3 is 23.7 Å². The van der Waals surface area contributed by atoms with E-state index in [1.165, 1.54) is 6.92 Å². The third-order valence-electron chi connectivity index (χ3n) is 6.36. The van der Waals surface area contributed by atoms with Crippen LogP contribution in [-0.4, -0.2) is 42.2 Å². The van der Waals surface area contributed by atoms with Crippen molar-refractivity contribution in [3.63, 3.8) is 0 Å². The molecule has 0 aliphatic heterocycles. The first-order chi connectivity index (χ1) is 12.6. The Balaban J connectivity index is 3.25. The number of alkyl halides is 8. The van der Waals surface area contributed by atoms with E-state index in [0.717, 1.165) is 0 Å². The maximum absolute atomic E-state index is 14.6. The minimum atomic E-state index is -6.28. The normalized spacial score (nSPS) is 30.7. The first-order valence-corrected chi connectivity index (χ1v) is 9.19. The fourth-order valence-corrected chi connectivity index (χ4v) is 3.30. The van der Waals surface area contributed by atoms with Gasteiger partial charge in [-0.25, -0.2) is 8.78 Å². The molecule has 0 aromatic heterocycles. The molecule has 1 aliphatic carbocycles. The van der Waals surface area contributed by atoms with Crippen LogP contribution >= 0.6 is 0 Å². The molecule has 29 heavy (non-hydrogen) atoms. The van der Waals surface area contributed by atoms with E-state index in [1.807, 2.05) is 20.8 Å². The molecule has 0 heterocycles. The Morgan fingerprint density at radius 3 is 1.66 bits per heavy atom. The van der Waals surface area contributed by atoms with Crippen molar-refractivity contribution in [1.82, 2.24) is 0 Å². The number of rotatable bonds is 6. The Morgan fingerprint density at radius 1 is 0.897 bits per heavy atom. The fraction of sp³-hybridized carbons (Fsp3) is 0.947. The van der Waals surface area contributed by atoms with Crippen molar-refractivity contribution in [2.75, 3.05) is 6.61 Å². The summed E-state index contributed by atoms with van der Waals surface area (Å²) in [5.74, 6) is -19.6. The second kappa shape index (κ2) is 6.97. The second-order valence-corrected chi connectivity index (χ2v) is 9.85. The number of halogens is 8. The average Bonchev–Trinajstić information content (AvgIpc) is 2.61. The van der Waals surface area contributed by atoms with E-state index in [-0.39, 0.29) is 6.42 Å². The minimum absolute atomic E-state index is 0.139. The zero-order chi connectivity index (χ0) is 23.5. The number of hydrogen-bond acceptors (Lipinski definition) is 2. The molecule has 0 aromatic rings. The highest BCUT2D eigenvalue weighted by Gasteiger charge is 2.93. The first-order valence-electron chi connectivity index (χ1n) is 9.19. The van der Waals surface area contributed by atoms with Gasteiger partial charge in [0.2, 0.25) is 6.17 Å². The summed E-state index contributed by atoms with van der Waals surface area (Å²) in [6.07, 6.45) is -3.82. The molecule has 0 amide bonds. The van der Waals surface area contributed by atoms with E-state index >= 15 is 0 Å². The molecule has 0 bridgehead atoms. The van der Waals surface area contributed by atoms with E-state index in [1.54, 1.807) is 20.8 Å². The summed E-state index contributed by atoms with van der Waals surface area (Å²) in [4.78, 5) is 12.7. The lowest BCUT2D eigenvalue weighted by Gasteiger charge is -2.44. The van der Waals surface area contributed by atoms with Crippen molar-refractivity contribution in [2.45, 2.75) is 90.9 Å². The highest BCUT2D eigenvalue weighted by molar-refractivity contribution is 5.77. The summed E-state index contributed by atoms with van der Waals surface area (Å²) >= 11 is 0. The smallest absolute Gasteiger partial charge is 0.378 e. The molecule has 3 atom stereocenters. The Hall–Kier alpha value is -1.09. The van der Waals surface area contributed by atoms with E-state index < -0.39 is 58.4 Å². The van der Waals surface area contributed by atoms with Gasteiger partial charge in [-0.2, -0.15) is 26.3 Å². The highest BCUT2D eigenvalue weighted by Crippen LogP contribution is 2.63. The SMILES string of the molecule is CCC(C)(C)CC(C)(C(=O)OCC1(F)C(F)C(F)(F)C(F)(F)C1(F)F)C(C)(C)C. The summed E-state index contributed by atoms with van der Waals surface area (Å²) in [6.45, 7) is 9.47. The second-order valence-electron chi connectivity index (χ2n) is 9.85. The van der Waals surface area contributed by atoms with Crippen molar-refractivity contribution in [3.05, 3.63) is 0 Å². The van der Waals surface area contributed by atoms with Crippen LogP contribution in [0.15, 0.2) is 0 Å². The van der Waals surface area contributed by atoms with Gasteiger partial charge < -0.3 is 4.74 Å². The molecule has 2 nitrogen and oxygen atoms in total. The lowest BCUT2D eigenvalue weighted by atomic mass is 9.60. The maximum Gasteiger partial charge on any atom is 0.378 e. The highest BCUT2D eigenvalue weighted by atomic mass is 19.4. The molecule has 1 rings (SSSR count). The zero-order valence-electron chi connectivity index (χ0n) is 17.5. The Kier molecular flexibility index (Phi) is 6.24. The molecule has 1 aliphatic rings. The lowest BCUT2D eigenvalue weighted by molar-refractivity contribution is -0.291. The van der Waals surface area contributed by atoms with Gasteiger partial charge in [0.1, 0.15) is 6.61 Å². The van der Waals surface area contributed by atoms with Gasteiger partial charge in [0.15, 0.2) is 0 Å². The average molecular weight is 440 g/mol. The van der Waals surface area contributed by atoms with Gasteiger partial charge in [0.25, 0.3) is 5.67 Å². The van der Waals surface area contributed by atoms with Crippen LogP contribution in [0.1, 0.15) is 61.3 Å². The van der Waals surface area contributed by atoms with Gasteiger partial charge in [0, 0.05) is 0 Å². The van der Waals surface area contributed by atoms with E-state index in [9.17, 15) is 39.9 Å². The molecule has 172 valence electrons. The van der Waals surface area contributed by atoms with Gasteiger partial charge in [0.05, 0.1) is 5.41 Å². The molecule has 0 N–H and O–H groups in total. The number of carbonyl (C=O) groups is 1. The summed E-state index contributed by atoms with van der Waals surface area (Å²) in [5, 5.41) is 0. The van der Waals surface area contributed by atoms with Crippen molar-refractivity contribution in [1.29, 1.82) is 0 Å². The largest absolute Gasteiger partial charge is 0.461 e. The van der Waals surface area contributed by atoms with E-state index in [4.69, 9.17) is 0 Å². The van der Waals surface area contributed by atoms with Crippen LogP contribution in [0.4, 0.5) is 35.1 Å².